The van der Waals surface area contributed by atoms with Gasteiger partial charge in [-0.05, 0) is 43.2 Å². The summed E-state index contributed by atoms with van der Waals surface area (Å²) in [6.07, 6.45) is 0. The molecule has 0 bridgehead atoms. The molecular weight excluding hydrogens is 332 g/mol. The molecule has 3 aromatic rings. The summed E-state index contributed by atoms with van der Waals surface area (Å²) in [5.74, 6) is 1.67. The summed E-state index contributed by atoms with van der Waals surface area (Å²) in [5.41, 5.74) is 12.4. The molecule has 0 radical (unpaired) electrons. The number of para-hydroxylation sites is 1. The Morgan fingerprint density at radius 2 is 2.04 bits per heavy atom. The van der Waals surface area contributed by atoms with Crippen LogP contribution in [0.15, 0.2) is 41.4 Å². The van der Waals surface area contributed by atoms with Crippen molar-refractivity contribution < 1.29 is 9.47 Å². The van der Waals surface area contributed by atoms with E-state index in [-0.39, 0.29) is 0 Å². The highest BCUT2D eigenvalue weighted by atomic mass is 32.2. The van der Waals surface area contributed by atoms with Gasteiger partial charge in [0.15, 0.2) is 6.79 Å². The lowest BCUT2D eigenvalue weighted by molar-refractivity contribution is -0.0168. The summed E-state index contributed by atoms with van der Waals surface area (Å²) in [6, 6.07) is 12.4. The van der Waals surface area contributed by atoms with Gasteiger partial charge in [-0.1, -0.05) is 18.2 Å². The molecule has 2 aromatic carbocycles. The van der Waals surface area contributed by atoms with Gasteiger partial charge in [0.25, 0.3) is 0 Å². The van der Waals surface area contributed by atoms with Crippen LogP contribution in [0.2, 0.25) is 0 Å². The molecule has 1 aromatic heterocycles. The maximum Gasteiger partial charge on any atom is 0.189 e. The van der Waals surface area contributed by atoms with Crippen molar-refractivity contribution in [3.8, 4) is 5.75 Å². The Kier molecular flexibility index (Phi) is 4.27. The third-order valence-corrected chi connectivity index (χ3v) is 5.37. The van der Waals surface area contributed by atoms with E-state index >= 15 is 0 Å². The number of aromatic nitrogens is 1. The molecular formula is C20H20N2O2S. The number of thioether (sulfide) groups is 1. The van der Waals surface area contributed by atoms with Gasteiger partial charge in [0.2, 0.25) is 0 Å². The van der Waals surface area contributed by atoms with Crippen LogP contribution in [-0.4, -0.2) is 11.8 Å². The first-order valence-corrected chi connectivity index (χ1v) is 9.22. The number of hydrogen-bond acceptors (Lipinski definition) is 5. The zero-order valence-corrected chi connectivity index (χ0v) is 15.2. The minimum atomic E-state index is 0.293. The van der Waals surface area contributed by atoms with Crippen LogP contribution in [0.5, 0.6) is 5.75 Å². The van der Waals surface area contributed by atoms with Crippen LogP contribution < -0.4 is 10.5 Å². The largest absolute Gasteiger partial charge is 0.467 e. The number of nitrogens with two attached hydrogens (primary N) is 1. The van der Waals surface area contributed by atoms with Crippen molar-refractivity contribution in [1.29, 1.82) is 0 Å². The minimum Gasteiger partial charge on any atom is -0.467 e. The lowest BCUT2D eigenvalue weighted by Crippen LogP contribution is -2.13. The first-order chi connectivity index (χ1) is 12.1. The monoisotopic (exact) mass is 352 g/mol. The highest BCUT2D eigenvalue weighted by molar-refractivity contribution is 7.98. The Balaban J connectivity index is 1.65. The molecule has 0 unspecified atom stereocenters. The highest BCUT2D eigenvalue weighted by Crippen LogP contribution is 2.35. The molecule has 0 fully saturated rings. The molecule has 2 N–H and O–H groups in total. The second kappa shape index (κ2) is 6.58. The number of hydrogen-bond donors (Lipinski definition) is 1. The summed E-state index contributed by atoms with van der Waals surface area (Å²) in [5, 5.41) is 2.23. The molecule has 0 spiro atoms. The molecule has 2 heterocycles. The first-order valence-electron chi connectivity index (χ1n) is 8.23. The van der Waals surface area contributed by atoms with E-state index in [2.05, 4.69) is 38.1 Å². The van der Waals surface area contributed by atoms with Crippen LogP contribution in [0, 0.1) is 13.8 Å². The Labute approximate surface area is 151 Å². The average Bonchev–Trinajstić information content (AvgIpc) is 2.60. The topological polar surface area (TPSA) is 57.4 Å². The smallest absolute Gasteiger partial charge is 0.189 e. The summed E-state index contributed by atoms with van der Waals surface area (Å²) in [6.45, 7) is 5.08. The summed E-state index contributed by atoms with van der Waals surface area (Å²) >= 11 is 1.71. The van der Waals surface area contributed by atoms with Gasteiger partial charge in [0.1, 0.15) is 5.75 Å². The second-order valence-electron chi connectivity index (χ2n) is 6.32. The Morgan fingerprint density at radius 1 is 1.16 bits per heavy atom. The first kappa shape index (κ1) is 16.2. The predicted molar refractivity (Wildman–Crippen MR) is 102 cm³/mol. The molecule has 1 aliphatic rings. The Bertz CT molecular complexity index is 956. The number of ether oxygens (including phenoxy) is 2. The highest BCUT2D eigenvalue weighted by Gasteiger charge is 2.16. The lowest BCUT2D eigenvalue weighted by atomic mass is 10.1. The minimum absolute atomic E-state index is 0.293. The SMILES string of the molecule is Cc1cc(SCc2cc(N)cc3c2OCOC3)nc2c(C)cccc12. The van der Waals surface area contributed by atoms with Crippen LogP contribution in [0.4, 0.5) is 5.69 Å². The zero-order valence-electron chi connectivity index (χ0n) is 14.3. The molecule has 0 saturated carbocycles. The van der Waals surface area contributed by atoms with E-state index in [0.29, 0.717) is 13.4 Å². The molecule has 0 amide bonds. The van der Waals surface area contributed by atoms with Gasteiger partial charge in [-0.3, -0.25) is 0 Å². The average molecular weight is 352 g/mol. The number of aryl methyl sites for hydroxylation is 2. The third-order valence-electron chi connectivity index (χ3n) is 4.41. The number of fused-ring (bicyclic) bond motifs is 2. The van der Waals surface area contributed by atoms with E-state index in [1.54, 1.807) is 11.8 Å². The predicted octanol–water partition coefficient (Wildman–Crippen LogP) is 4.59. The summed E-state index contributed by atoms with van der Waals surface area (Å²) < 4.78 is 11.0. The maximum atomic E-state index is 6.03. The number of benzene rings is 2. The fraction of sp³-hybridized carbons (Fsp3) is 0.250. The van der Waals surface area contributed by atoms with E-state index in [1.807, 2.05) is 12.1 Å². The molecule has 128 valence electrons. The van der Waals surface area contributed by atoms with Gasteiger partial charge in [0, 0.05) is 28.0 Å². The molecule has 0 saturated heterocycles. The van der Waals surface area contributed by atoms with E-state index in [4.69, 9.17) is 20.2 Å². The number of nitrogens with zero attached hydrogens (tertiary/aromatic N) is 1. The van der Waals surface area contributed by atoms with E-state index in [9.17, 15) is 0 Å². The van der Waals surface area contributed by atoms with Crippen molar-refractivity contribution in [1.82, 2.24) is 4.98 Å². The standard InChI is InChI=1S/C20H20N2O2S/c1-12-4-3-5-17-13(2)6-18(22-19(12)17)25-10-15-8-16(21)7-14-9-23-11-24-20(14)15/h3-8H,9-11,21H2,1-2H3. The fourth-order valence-electron chi connectivity index (χ4n) is 3.19. The molecule has 4 nitrogen and oxygen atoms in total. The number of rotatable bonds is 3. The third kappa shape index (κ3) is 3.17. The van der Waals surface area contributed by atoms with Crippen LogP contribution >= 0.6 is 11.8 Å². The number of anilines is 1. The molecule has 0 aliphatic carbocycles. The molecule has 4 rings (SSSR count). The lowest BCUT2D eigenvalue weighted by Gasteiger charge is -2.21. The van der Waals surface area contributed by atoms with Gasteiger partial charge < -0.3 is 15.2 Å². The summed E-state index contributed by atoms with van der Waals surface area (Å²) in [7, 11) is 0. The van der Waals surface area contributed by atoms with E-state index < -0.39 is 0 Å². The van der Waals surface area contributed by atoms with Crippen molar-refractivity contribution in [3.63, 3.8) is 0 Å². The van der Waals surface area contributed by atoms with Crippen LogP contribution in [0.3, 0.4) is 0 Å². The molecule has 0 atom stereocenters. The second-order valence-corrected chi connectivity index (χ2v) is 7.31. The van der Waals surface area contributed by atoms with E-state index in [1.165, 1.54) is 16.5 Å². The van der Waals surface area contributed by atoms with Crippen molar-refractivity contribution in [2.24, 2.45) is 0 Å². The van der Waals surface area contributed by atoms with Gasteiger partial charge in [0.05, 0.1) is 17.1 Å². The molecule has 25 heavy (non-hydrogen) atoms. The Hall–Kier alpha value is -2.24. The fourth-order valence-corrected chi connectivity index (χ4v) is 4.12. The van der Waals surface area contributed by atoms with Crippen molar-refractivity contribution >= 4 is 28.4 Å². The molecule has 1 aliphatic heterocycles. The quantitative estimate of drug-likeness (QED) is 0.552. The number of pyridine rings is 1. The zero-order chi connectivity index (χ0) is 17.4. The number of nitrogen functional groups attached to an aromatic ring is 1. The van der Waals surface area contributed by atoms with Crippen LogP contribution in [0.25, 0.3) is 10.9 Å². The van der Waals surface area contributed by atoms with Gasteiger partial charge in [-0.15, -0.1) is 11.8 Å². The molecule has 5 heteroatoms. The van der Waals surface area contributed by atoms with Crippen LogP contribution in [-0.2, 0) is 17.1 Å². The van der Waals surface area contributed by atoms with Crippen molar-refractivity contribution in [2.45, 2.75) is 31.2 Å². The van der Waals surface area contributed by atoms with Crippen LogP contribution in [0.1, 0.15) is 22.3 Å². The van der Waals surface area contributed by atoms with Crippen molar-refractivity contribution in [2.75, 3.05) is 12.5 Å². The normalized spacial score (nSPS) is 13.5. The van der Waals surface area contributed by atoms with Crippen molar-refractivity contribution in [3.05, 3.63) is 58.7 Å². The van der Waals surface area contributed by atoms with Gasteiger partial charge in [-0.2, -0.15) is 0 Å². The van der Waals surface area contributed by atoms with E-state index in [0.717, 1.165) is 38.9 Å². The van der Waals surface area contributed by atoms with Gasteiger partial charge in [-0.25, -0.2) is 4.98 Å². The van der Waals surface area contributed by atoms with Gasteiger partial charge >= 0.3 is 0 Å². The Morgan fingerprint density at radius 3 is 2.92 bits per heavy atom. The maximum absolute atomic E-state index is 6.03. The summed E-state index contributed by atoms with van der Waals surface area (Å²) in [4.78, 5) is 4.85.